The molecule has 1 N–H and O–H groups in total. The summed E-state index contributed by atoms with van der Waals surface area (Å²) >= 11 is 0. The van der Waals surface area contributed by atoms with E-state index in [-0.39, 0.29) is 0 Å². The molecule has 3 heteroatoms. The molecule has 1 aliphatic heterocycles. The lowest BCUT2D eigenvalue weighted by atomic mass is 10.0. The van der Waals surface area contributed by atoms with Gasteiger partial charge in [0, 0.05) is 30.9 Å². The third-order valence-electron chi connectivity index (χ3n) is 4.14. The average Bonchev–Trinajstić information content (AvgIpc) is 2.66. The molecule has 0 saturated carbocycles. The quantitative estimate of drug-likeness (QED) is 0.904. The van der Waals surface area contributed by atoms with Gasteiger partial charge in [-0.2, -0.15) is 0 Å². The number of rotatable bonds is 2. The molecule has 0 bridgehead atoms. The zero-order valence-corrected chi connectivity index (χ0v) is 12.4. The van der Waals surface area contributed by atoms with Crippen molar-refractivity contribution in [2.45, 2.75) is 33.4 Å². The highest BCUT2D eigenvalue weighted by Crippen LogP contribution is 2.33. The van der Waals surface area contributed by atoms with Crippen LogP contribution in [0.3, 0.4) is 0 Å². The largest absolute Gasteiger partial charge is 0.466 e. The maximum atomic E-state index is 5.70. The van der Waals surface area contributed by atoms with E-state index in [1.54, 1.807) is 0 Å². The van der Waals surface area contributed by atoms with Crippen LogP contribution in [0, 0.1) is 13.8 Å². The van der Waals surface area contributed by atoms with Crippen molar-refractivity contribution in [1.82, 2.24) is 5.32 Å². The third-order valence-corrected chi connectivity index (χ3v) is 4.14. The summed E-state index contributed by atoms with van der Waals surface area (Å²) in [6, 6.07) is 11.2. The molecule has 20 heavy (non-hydrogen) atoms. The number of benzene rings is 1. The Hall–Kier alpha value is -1.74. The van der Waals surface area contributed by atoms with Crippen molar-refractivity contribution in [3.05, 3.63) is 53.0 Å². The molecular weight excluding hydrogens is 248 g/mol. The predicted molar refractivity (Wildman–Crippen MR) is 82.1 cm³/mol. The SMILES string of the molecule is Cc1cc(C(C)N2CCNCc3ccccc32)c(C)o1. The molecular formula is C17H22N2O. The monoisotopic (exact) mass is 270 g/mol. The second-order valence-electron chi connectivity index (χ2n) is 5.54. The van der Waals surface area contributed by atoms with E-state index in [1.165, 1.54) is 16.8 Å². The van der Waals surface area contributed by atoms with Crippen LogP contribution in [0.25, 0.3) is 0 Å². The molecule has 3 rings (SSSR count). The molecule has 1 atom stereocenters. The van der Waals surface area contributed by atoms with Crippen LogP contribution in [0.15, 0.2) is 34.7 Å². The Labute approximate surface area is 120 Å². The van der Waals surface area contributed by atoms with E-state index in [0.717, 1.165) is 31.2 Å². The minimum atomic E-state index is 0.327. The number of hydrogen-bond acceptors (Lipinski definition) is 3. The van der Waals surface area contributed by atoms with Crippen LogP contribution in [-0.4, -0.2) is 13.1 Å². The van der Waals surface area contributed by atoms with Crippen LogP contribution in [0.5, 0.6) is 0 Å². The van der Waals surface area contributed by atoms with Gasteiger partial charge < -0.3 is 14.6 Å². The standard InChI is InChI=1S/C17H22N2O/c1-12-10-16(14(3)20-12)13(2)19-9-8-18-11-15-6-4-5-7-17(15)19/h4-7,10,13,18H,8-9,11H2,1-3H3. The lowest BCUT2D eigenvalue weighted by Gasteiger charge is -2.31. The highest BCUT2D eigenvalue weighted by Gasteiger charge is 2.23. The van der Waals surface area contributed by atoms with Crippen molar-refractivity contribution in [2.75, 3.05) is 18.0 Å². The smallest absolute Gasteiger partial charge is 0.106 e. The van der Waals surface area contributed by atoms with Gasteiger partial charge in [0.25, 0.3) is 0 Å². The minimum absolute atomic E-state index is 0.327. The van der Waals surface area contributed by atoms with Gasteiger partial charge in [0.1, 0.15) is 11.5 Å². The van der Waals surface area contributed by atoms with Gasteiger partial charge in [0.2, 0.25) is 0 Å². The molecule has 0 fully saturated rings. The fourth-order valence-corrected chi connectivity index (χ4v) is 3.12. The van der Waals surface area contributed by atoms with Gasteiger partial charge in [0.05, 0.1) is 6.04 Å². The molecule has 0 saturated heterocycles. The van der Waals surface area contributed by atoms with Gasteiger partial charge in [0.15, 0.2) is 0 Å². The van der Waals surface area contributed by atoms with Crippen molar-refractivity contribution in [3.8, 4) is 0 Å². The molecule has 0 amide bonds. The minimum Gasteiger partial charge on any atom is -0.466 e. The summed E-state index contributed by atoms with van der Waals surface area (Å²) in [6.07, 6.45) is 0. The number of fused-ring (bicyclic) bond motifs is 1. The lowest BCUT2D eigenvalue weighted by Crippen LogP contribution is -2.31. The van der Waals surface area contributed by atoms with Crippen molar-refractivity contribution >= 4 is 5.69 Å². The van der Waals surface area contributed by atoms with Gasteiger partial charge in [-0.3, -0.25) is 0 Å². The normalized spacial score (nSPS) is 16.6. The summed E-state index contributed by atoms with van der Waals surface area (Å²) in [7, 11) is 0. The number of para-hydroxylation sites is 1. The van der Waals surface area contributed by atoms with E-state index >= 15 is 0 Å². The molecule has 106 valence electrons. The average molecular weight is 270 g/mol. The van der Waals surface area contributed by atoms with Gasteiger partial charge >= 0.3 is 0 Å². The summed E-state index contributed by atoms with van der Waals surface area (Å²) in [5.41, 5.74) is 4.00. The first-order chi connectivity index (χ1) is 9.66. The molecule has 1 unspecified atom stereocenters. The van der Waals surface area contributed by atoms with Crippen LogP contribution in [0.2, 0.25) is 0 Å². The zero-order chi connectivity index (χ0) is 14.1. The zero-order valence-electron chi connectivity index (χ0n) is 12.4. The third kappa shape index (κ3) is 2.34. The molecule has 2 heterocycles. The molecule has 1 aromatic carbocycles. The Kier molecular flexibility index (Phi) is 3.53. The summed E-state index contributed by atoms with van der Waals surface area (Å²) in [4.78, 5) is 2.48. The number of aryl methyl sites for hydroxylation is 2. The van der Waals surface area contributed by atoms with E-state index in [9.17, 15) is 0 Å². The number of furan rings is 1. The van der Waals surface area contributed by atoms with Crippen LogP contribution in [-0.2, 0) is 6.54 Å². The van der Waals surface area contributed by atoms with Gasteiger partial charge in [-0.1, -0.05) is 18.2 Å². The molecule has 3 nitrogen and oxygen atoms in total. The van der Waals surface area contributed by atoms with Gasteiger partial charge in [-0.05, 0) is 38.5 Å². The van der Waals surface area contributed by atoms with E-state index in [0.29, 0.717) is 6.04 Å². The van der Waals surface area contributed by atoms with Crippen LogP contribution in [0.1, 0.15) is 35.6 Å². The fourth-order valence-electron chi connectivity index (χ4n) is 3.12. The molecule has 1 aliphatic rings. The fraction of sp³-hybridized carbons (Fsp3) is 0.412. The van der Waals surface area contributed by atoms with Crippen molar-refractivity contribution in [2.24, 2.45) is 0 Å². The Bertz CT molecular complexity index is 603. The topological polar surface area (TPSA) is 28.4 Å². The number of hydrogen-bond donors (Lipinski definition) is 1. The first kappa shape index (κ1) is 13.3. The van der Waals surface area contributed by atoms with Crippen molar-refractivity contribution < 1.29 is 4.42 Å². The first-order valence-corrected chi connectivity index (χ1v) is 7.29. The van der Waals surface area contributed by atoms with Gasteiger partial charge in [-0.25, -0.2) is 0 Å². The molecule has 0 radical (unpaired) electrons. The Morgan fingerprint density at radius 3 is 2.80 bits per heavy atom. The lowest BCUT2D eigenvalue weighted by molar-refractivity contribution is 0.496. The summed E-state index contributed by atoms with van der Waals surface area (Å²) in [5, 5.41) is 3.49. The second-order valence-corrected chi connectivity index (χ2v) is 5.54. The van der Waals surface area contributed by atoms with Crippen LogP contribution in [0.4, 0.5) is 5.69 Å². The Morgan fingerprint density at radius 1 is 1.25 bits per heavy atom. The van der Waals surface area contributed by atoms with Crippen molar-refractivity contribution in [1.29, 1.82) is 0 Å². The highest BCUT2D eigenvalue weighted by molar-refractivity contribution is 5.56. The Morgan fingerprint density at radius 2 is 2.05 bits per heavy atom. The van der Waals surface area contributed by atoms with E-state index in [4.69, 9.17) is 4.42 Å². The van der Waals surface area contributed by atoms with Crippen molar-refractivity contribution in [3.63, 3.8) is 0 Å². The summed E-state index contributed by atoms with van der Waals surface area (Å²) < 4.78 is 5.70. The molecule has 0 spiro atoms. The van der Waals surface area contributed by atoms with Crippen LogP contribution < -0.4 is 10.2 Å². The number of anilines is 1. The summed E-state index contributed by atoms with van der Waals surface area (Å²) in [5.74, 6) is 2.02. The number of nitrogens with one attached hydrogen (secondary N) is 1. The van der Waals surface area contributed by atoms with E-state index in [1.807, 2.05) is 6.92 Å². The second kappa shape index (κ2) is 5.33. The molecule has 0 aliphatic carbocycles. The molecule has 2 aromatic rings. The van der Waals surface area contributed by atoms with E-state index in [2.05, 4.69) is 54.4 Å². The number of nitrogens with zero attached hydrogens (tertiary/aromatic N) is 1. The highest BCUT2D eigenvalue weighted by atomic mass is 16.3. The first-order valence-electron chi connectivity index (χ1n) is 7.29. The predicted octanol–water partition coefficient (Wildman–Crippen LogP) is 3.57. The maximum Gasteiger partial charge on any atom is 0.106 e. The molecule has 1 aromatic heterocycles. The Balaban J connectivity index is 1.99. The summed E-state index contributed by atoms with van der Waals surface area (Å²) in [6.45, 7) is 9.31. The van der Waals surface area contributed by atoms with Crippen LogP contribution >= 0.6 is 0 Å². The van der Waals surface area contributed by atoms with E-state index < -0.39 is 0 Å². The van der Waals surface area contributed by atoms with Gasteiger partial charge in [-0.15, -0.1) is 0 Å². The maximum absolute atomic E-state index is 5.70.